The van der Waals surface area contributed by atoms with Gasteiger partial charge in [-0.05, 0) is 37.0 Å². The molecule has 2 aromatic carbocycles. The van der Waals surface area contributed by atoms with E-state index >= 15 is 0 Å². The van der Waals surface area contributed by atoms with Crippen LogP contribution in [0.5, 0.6) is 0 Å². The minimum Gasteiger partial charge on any atom is -0.341 e. The van der Waals surface area contributed by atoms with Crippen molar-refractivity contribution in [1.29, 1.82) is 10.7 Å². The number of benzene rings is 2. The number of para-hydroxylation sites is 1. The molecule has 32 heavy (non-hydrogen) atoms. The van der Waals surface area contributed by atoms with Gasteiger partial charge in [0, 0.05) is 36.0 Å². The first-order valence-electron chi connectivity index (χ1n) is 11.0. The van der Waals surface area contributed by atoms with Gasteiger partial charge in [0.2, 0.25) is 0 Å². The van der Waals surface area contributed by atoms with Gasteiger partial charge in [0.1, 0.15) is 5.82 Å². The molecule has 0 aromatic heterocycles. The summed E-state index contributed by atoms with van der Waals surface area (Å²) in [6.07, 6.45) is 2.40. The molecule has 1 saturated heterocycles. The van der Waals surface area contributed by atoms with Crippen LogP contribution in [0.25, 0.3) is 0 Å². The Morgan fingerprint density at radius 1 is 1.06 bits per heavy atom. The first-order chi connectivity index (χ1) is 15.6. The Bertz CT molecular complexity index is 1030. The molecule has 7 heteroatoms. The molecule has 1 aliphatic carbocycles. The number of nitriles is 1. The molecule has 1 heterocycles. The molecule has 4 N–H and O–H groups in total. The molecule has 0 unspecified atom stereocenters. The van der Waals surface area contributed by atoms with Gasteiger partial charge in [-0.1, -0.05) is 48.5 Å². The summed E-state index contributed by atoms with van der Waals surface area (Å²) < 4.78 is 0. The molecule has 2 fully saturated rings. The molecule has 0 bridgehead atoms. The van der Waals surface area contributed by atoms with Gasteiger partial charge in [0.25, 0.3) is 0 Å². The molecule has 0 radical (unpaired) electrons. The standard InChI is InChI=1S/C25H28N6O/c26-14-15-31-16-21(18-8-3-1-4-9-18)23(17-31)29-25(32)30-24(20-12-7-13-22(20)27)28-19-10-5-2-6-11-19/h1-6,8-11,21,23,27-28H,7,12-13,15-17H2,(H2,29,30,32)/b24-20+,27-22?/t21-,23+/m0/s1. The first kappa shape index (κ1) is 21.6. The van der Waals surface area contributed by atoms with Crippen molar-refractivity contribution in [3.8, 4) is 6.07 Å². The SMILES string of the molecule is N#CCN1C[C@@H](NC(=O)N/C(Nc2ccccc2)=C2\CCCC2=N)[C@H](c2ccccc2)C1. The number of hydrogen-bond donors (Lipinski definition) is 4. The Morgan fingerprint density at radius 2 is 1.78 bits per heavy atom. The summed E-state index contributed by atoms with van der Waals surface area (Å²) in [5.74, 6) is 0.678. The quantitative estimate of drug-likeness (QED) is 0.525. The number of nitrogens with one attached hydrogen (secondary N) is 4. The number of allylic oxidation sites excluding steroid dienone is 1. The van der Waals surface area contributed by atoms with Gasteiger partial charge in [-0.25, -0.2) is 4.79 Å². The highest BCUT2D eigenvalue weighted by atomic mass is 16.2. The Morgan fingerprint density at radius 3 is 2.44 bits per heavy atom. The second-order valence-corrected chi connectivity index (χ2v) is 8.25. The Kier molecular flexibility index (Phi) is 6.83. The second kappa shape index (κ2) is 10.1. The third-order valence-corrected chi connectivity index (χ3v) is 6.04. The fraction of sp³-hybridized carbons (Fsp3) is 0.320. The van der Waals surface area contributed by atoms with Crippen LogP contribution in [0.3, 0.4) is 0 Å². The molecule has 1 saturated carbocycles. The van der Waals surface area contributed by atoms with Crippen LogP contribution in [0.4, 0.5) is 10.5 Å². The highest BCUT2D eigenvalue weighted by Gasteiger charge is 2.35. The second-order valence-electron chi connectivity index (χ2n) is 8.25. The summed E-state index contributed by atoms with van der Waals surface area (Å²) in [7, 11) is 0. The van der Waals surface area contributed by atoms with E-state index in [1.165, 1.54) is 0 Å². The number of likely N-dealkylation sites (tertiary alicyclic amines) is 1. The van der Waals surface area contributed by atoms with E-state index < -0.39 is 0 Å². The van der Waals surface area contributed by atoms with Crippen LogP contribution in [0.15, 0.2) is 72.1 Å². The lowest BCUT2D eigenvalue weighted by atomic mass is 9.94. The zero-order valence-electron chi connectivity index (χ0n) is 18.0. The van der Waals surface area contributed by atoms with E-state index in [2.05, 4.69) is 39.1 Å². The molecular weight excluding hydrogens is 400 g/mol. The summed E-state index contributed by atoms with van der Waals surface area (Å²) in [6.45, 7) is 1.68. The van der Waals surface area contributed by atoms with Crippen LogP contribution in [0, 0.1) is 16.7 Å². The van der Waals surface area contributed by atoms with Crippen LogP contribution in [-0.2, 0) is 0 Å². The number of rotatable bonds is 6. The summed E-state index contributed by atoms with van der Waals surface area (Å²) >= 11 is 0. The Labute approximate surface area is 188 Å². The molecule has 164 valence electrons. The average Bonchev–Trinajstić information content (AvgIpc) is 3.41. The number of urea groups is 1. The van der Waals surface area contributed by atoms with E-state index in [1.807, 2.05) is 48.5 Å². The largest absolute Gasteiger partial charge is 0.341 e. The first-order valence-corrected chi connectivity index (χ1v) is 11.0. The van der Waals surface area contributed by atoms with E-state index in [-0.39, 0.29) is 18.0 Å². The average molecular weight is 429 g/mol. The maximum atomic E-state index is 13.1. The third-order valence-electron chi connectivity index (χ3n) is 6.04. The predicted octanol–water partition coefficient (Wildman–Crippen LogP) is 3.80. The summed E-state index contributed by atoms with van der Waals surface area (Å²) in [6, 6.07) is 21.6. The van der Waals surface area contributed by atoms with E-state index in [4.69, 9.17) is 10.7 Å². The van der Waals surface area contributed by atoms with Gasteiger partial charge in [-0.3, -0.25) is 10.2 Å². The normalized spacial score (nSPS) is 22.3. The van der Waals surface area contributed by atoms with Gasteiger partial charge in [0.05, 0.1) is 18.7 Å². The van der Waals surface area contributed by atoms with Crippen LogP contribution in [0.1, 0.15) is 30.7 Å². The van der Waals surface area contributed by atoms with Crippen LogP contribution < -0.4 is 16.0 Å². The Hall–Kier alpha value is -3.63. The highest BCUT2D eigenvalue weighted by Crippen LogP contribution is 2.28. The van der Waals surface area contributed by atoms with Crippen LogP contribution >= 0.6 is 0 Å². The van der Waals surface area contributed by atoms with E-state index in [1.54, 1.807) is 0 Å². The van der Waals surface area contributed by atoms with Crippen molar-refractivity contribution in [3.63, 3.8) is 0 Å². The molecular formula is C25H28N6O. The van der Waals surface area contributed by atoms with Crippen molar-refractivity contribution in [2.45, 2.75) is 31.2 Å². The lowest BCUT2D eigenvalue weighted by molar-refractivity contribution is 0.238. The monoisotopic (exact) mass is 428 g/mol. The molecule has 2 aromatic rings. The van der Waals surface area contributed by atoms with Crippen molar-refractivity contribution in [3.05, 3.63) is 77.6 Å². The predicted molar refractivity (Wildman–Crippen MR) is 125 cm³/mol. The number of hydrogen-bond acceptors (Lipinski definition) is 5. The highest BCUT2D eigenvalue weighted by molar-refractivity contribution is 6.01. The number of amides is 2. The van der Waals surface area contributed by atoms with Gasteiger partial charge < -0.3 is 16.0 Å². The lowest BCUT2D eigenvalue weighted by Crippen LogP contribution is -2.46. The molecule has 1 aliphatic heterocycles. The van der Waals surface area contributed by atoms with Gasteiger partial charge >= 0.3 is 6.03 Å². The maximum absolute atomic E-state index is 13.1. The zero-order valence-corrected chi connectivity index (χ0v) is 18.0. The Balaban J connectivity index is 1.50. The number of nitrogens with zero attached hydrogens (tertiary/aromatic N) is 2. The van der Waals surface area contributed by atoms with Gasteiger partial charge in [-0.15, -0.1) is 0 Å². The van der Waals surface area contributed by atoms with E-state index in [9.17, 15) is 4.79 Å². The smallest absolute Gasteiger partial charge is 0.320 e. The molecule has 2 amide bonds. The van der Waals surface area contributed by atoms with Crippen molar-refractivity contribution < 1.29 is 4.79 Å². The van der Waals surface area contributed by atoms with E-state index in [0.717, 1.165) is 42.6 Å². The van der Waals surface area contributed by atoms with Crippen molar-refractivity contribution in [2.24, 2.45) is 0 Å². The number of carbonyl (C=O) groups is 1. The molecule has 4 rings (SSSR count). The molecule has 0 spiro atoms. The van der Waals surface area contributed by atoms with E-state index in [0.29, 0.717) is 24.6 Å². The summed E-state index contributed by atoms with van der Waals surface area (Å²) in [5, 5.41) is 26.8. The zero-order chi connectivity index (χ0) is 22.3. The minimum absolute atomic E-state index is 0.110. The fourth-order valence-corrected chi connectivity index (χ4v) is 4.48. The summed E-state index contributed by atoms with van der Waals surface area (Å²) in [4.78, 5) is 15.1. The number of anilines is 1. The molecule has 7 nitrogen and oxygen atoms in total. The van der Waals surface area contributed by atoms with Crippen molar-refractivity contribution >= 4 is 17.4 Å². The van der Waals surface area contributed by atoms with Crippen molar-refractivity contribution in [1.82, 2.24) is 15.5 Å². The number of carbonyl (C=O) groups excluding carboxylic acids is 1. The van der Waals surface area contributed by atoms with Crippen LogP contribution in [-0.4, -0.2) is 42.3 Å². The molecule has 2 atom stereocenters. The summed E-state index contributed by atoms with van der Waals surface area (Å²) in [5.41, 5.74) is 3.42. The van der Waals surface area contributed by atoms with Gasteiger partial charge in [0.15, 0.2) is 0 Å². The fourth-order valence-electron chi connectivity index (χ4n) is 4.48. The van der Waals surface area contributed by atoms with Gasteiger partial charge in [-0.2, -0.15) is 5.26 Å². The maximum Gasteiger partial charge on any atom is 0.320 e. The van der Waals surface area contributed by atoms with Crippen molar-refractivity contribution in [2.75, 3.05) is 25.0 Å². The molecule has 2 aliphatic rings. The topological polar surface area (TPSA) is 104 Å². The van der Waals surface area contributed by atoms with Crippen LogP contribution in [0.2, 0.25) is 0 Å². The lowest BCUT2D eigenvalue weighted by Gasteiger charge is -2.22. The minimum atomic E-state index is -0.305. The third kappa shape index (κ3) is 5.16.